The molecule has 9 heteroatoms. The van der Waals surface area contributed by atoms with Crippen LogP contribution in [0.15, 0.2) is 11.4 Å². The Morgan fingerprint density at radius 3 is 2.83 bits per heavy atom. The summed E-state index contributed by atoms with van der Waals surface area (Å²) in [5.41, 5.74) is 4.99. The third-order valence-corrected chi connectivity index (χ3v) is 4.51. The number of nitrogens with one attached hydrogen (secondary N) is 1. The fraction of sp³-hybridized carbons (Fsp3) is 0.533. The lowest BCUT2D eigenvalue weighted by Gasteiger charge is -2.22. The largest absolute Gasteiger partial charge is 0.462 e. The smallest absolute Gasteiger partial charge is 0.343 e. The topological polar surface area (TPSA) is 131 Å². The number of ether oxygens (including phenoxy) is 1. The normalized spacial score (nSPS) is 15.9. The Labute approximate surface area is 144 Å². The summed E-state index contributed by atoms with van der Waals surface area (Å²) in [5.74, 6) is -0.577. The number of nitriles is 1. The molecule has 0 saturated heterocycles. The van der Waals surface area contributed by atoms with Crippen molar-refractivity contribution in [2.75, 3.05) is 18.1 Å². The van der Waals surface area contributed by atoms with Gasteiger partial charge >= 0.3 is 5.97 Å². The molecule has 0 bridgehead atoms. The van der Waals surface area contributed by atoms with E-state index in [9.17, 15) is 14.9 Å². The van der Waals surface area contributed by atoms with E-state index in [-0.39, 0.29) is 40.7 Å². The van der Waals surface area contributed by atoms with E-state index in [1.165, 1.54) is 6.20 Å². The molecular formula is C15H19N5O3S. The van der Waals surface area contributed by atoms with Crippen LogP contribution in [0.4, 0.5) is 5.82 Å². The van der Waals surface area contributed by atoms with Crippen LogP contribution in [0.3, 0.4) is 0 Å². The van der Waals surface area contributed by atoms with Gasteiger partial charge in [0.15, 0.2) is 5.16 Å². The molecule has 0 aromatic carbocycles. The number of esters is 1. The highest BCUT2D eigenvalue weighted by Gasteiger charge is 2.42. The van der Waals surface area contributed by atoms with Crippen LogP contribution in [0.25, 0.3) is 0 Å². The Kier molecular flexibility index (Phi) is 5.62. The monoisotopic (exact) mass is 349 g/mol. The number of carbonyl (C=O) groups excluding carboxylic acids is 2. The van der Waals surface area contributed by atoms with Crippen molar-refractivity contribution in [3.8, 4) is 6.07 Å². The minimum atomic E-state index is -0.828. The predicted molar refractivity (Wildman–Crippen MR) is 88.0 cm³/mol. The average Bonchev–Trinajstić information content (AvgIpc) is 3.38. The van der Waals surface area contributed by atoms with Crippen LogP contribution in [0.1, 0.15) is 37.0 Å². The summed E-state index contributed by atoms with van der Waals surface area (Å²) >= 11 is 1.08. The number of carbonyl (C=O) groups is 2. The molecule has 2 rings (SSSR count). The zero-order chi connectivity index (χ0) is 17.7. The van der Waals surface area contributed by atoms with Gasteiger partial charge in [0.05, 0.1) is 18.4 Å². The Morgan fingerprint density at radius 2 is 2.29 bits per heavy atom. The maximum absolute atomic E-state index is 12.0. The first-order valence-electron chi connectivity index (χ1n) is 7.54. The molecule has 3 N–H and O–H groups in total. The Hall–Kier alpha value is -2.34. The lowest BCUT2D eigenvalue weighted by atomic mass is 9.98. The van der Waals surface area contributed by atoms with Gasteiger partial charge in [-0.05, 0) is 32.6 Å². The van der Waals surface area contributed by atoms with Crippen LogP contribution in [0.5, 0.6) is 0 Å². The second kappa shape index (κ2) is 7.49. The molecule has 8 nitrogen and oxygen atoms in total. The standard InChI is InChI=1S/C15H19N5O3S/c1-3-23-13(22)10-6-18-14(19-12(10)17)24-7-11(21)20-15(2,8-16)9-4-5-9/h6,9H,3-5,7H2,1-2H3,(H,20,21)(H2,17,18,19). The second-order valence-electron chi connectivity index (χ2n) is 5.60. The number of nitrogen functional groups attached to an aromatic ring is 1. The molecular weight excluding hydrogens is 330 g/mol. The fourth-order valence-electron chi connectivity index (χ4n) is 2.15. The van der Waals surface area contributed by atoms with Crippen LogP contribution in [0, 0.1) is 17.2 Å². The average molecular weight is 349 g/mol. The van der Waals surface area contributed by atoms with Gasteiger partial charge in [-0.2, -0.15) is 5.26 Å². The van der Waals surface area contributed by atoms with Crippen molar-refractivity contribution in [1.82, 2.24) is 15.3 Å². The van der Waals surface area contributed by atoms with Crippen LogP contribution in [0.2, 0.25) is 0 Å². The molecule has 1 fully saturated rings. The van der Waals surface area contributed by atoms with Gasteiger partial charge in [-0.15, -0.1) is 0 Å². The minimum Gasteiger partial charge on any atom is -0.462 e. The molecule has 1 saturated carbocycles. The van der Waals surface area contributed by atoms with E-state index in [1.54, 1.807) is 13.8 Å². The molecule has 1 amide bonds. The molecule has 0 spiro atoms. The minimum absolute atomic E-state index is 0.00574. The molecule has 1 aliphatic carbocycles. The molecule has 1 aromatic heterocycles. The van der Waals surface area contributed by atoms with Gasteiger partial charge < -0.3 is 15.8 Å². The van der Waals surface area contributed by atoms with Gasteiger partial charge in [-0.25, -0.2) is 14.8 Å². The number of amides is 1. The van der Waals surface area contributed by atoms with Crippen molar-refractivity contribution in [3.05, 3.63) is 11.8 Å². The van der Waals surface area contributed by atoms with Crippen molar-refractivity contribution >= 4 is 29.5 Å². The third kappa shape index (κ3) is 4.35. The number of nitrogens with zero attached hydrogens (tertiary/aromatic N) is 3. The molecule has 128 valence electrons. The highest BCUT2D eigenvalue weighted by Crippen LogP contribution is 2.39. The number of hydrogen-bond acceptors (Lipinski definition) is 8. The van der Waals surface area contributed by atoms with Crippen molar-refractivity contribution in [2.45, 2.75) is 37.4 Å². The summed E-state index contributed by atoms with van der Waals surface area (Å²) in [6.07, 6.45) is 3.18. The summed E-state index contributed by atoms with van der Waals surface area (Å²) in [6, 6.07) is 2.17. The van der Waals surface area contributed by atoms with Gasteiger partial charge in [-0.1, -0.05) is 11.8 Å². The number of aromatic nitrogens is 2. The molecule has 1 aromatic rings. The molecule has 1 atom stereocenters. The molecule has 1 aliphatic rings. The number of nitrogens with two attached hydrogens (primary N) is 1. The molecule has 0 aliphatic heterocycles. The zero-order valence-electron chi connectivity index (χ0n) is 13.5. The number of thioether (sulfide) groups is 1. The van der Waals surface area contributed by atoms with Crippen molar-refractivity contribution in [3.63, 3.8) is 0 Å². The van der Waals surface area contributed by atoms with E-state index in [0.29, 0.717) is 0 Å². The maximum atomic E-state index is 12.0. The van der Waals surface area contributed by atoms with Gasteiger partial charge in [0.25, 0.3) is 0 Å². The van der Waals surface area contributed by atoms with Gasteiger partial charge in [-0.3, -0.25) is 4.79 Å². The first kappa shape index (κ1) is 18.0. The van der Waals surface area contributed by atoms with Crippen LogP contribution >= 0.6 is 11.8 Å². The van der Waals surface area contributed by atoms with Crippen LogP contribution in [-0.2, 0) is 9.53 Å². The number of hydrogen-bond donors (Lipinski definition) is 2. The van der Waals surface area contributed by atoms with Crippen LogP contribution < -0.4 is 11.1 Å². The van der Waals surface area contributed by atoms with Crippen molar-refractivity contribution < 1.29 is 14.3 Å². The highest BCUT2D eigenvalue weighted by molar-refractivity contribution is 7.99. The molecule has 1 heterocycles. The maximum Gasteiger partial charge on any atom is 0.343 e. The molecule has 24 heavy (non-hydrogen) atoms. The van der Waals surface area contributed by atoms with Gasteiger partial charge in [0.1, 0.15) is 16.9 Å². The van der Waals surface area contributed by atoms with Crippen molar-refractivity contribution in [2.24, 2.45) is 5.92 Å². The molecule has 1 unspecified atom stereocenters. The Bertz CT molecular complexity index is 686. The SMILES string of the molecule is CCOC(=O)c1cnc(SCC(=O)NC(C)(C#N)C2CC2)nc1N. The van der Waals surface area contributed by atoms with E-state index in [1.807, 2.05) is 0 Å². The van der Waals surface area contributed by atoms with Gasteiger partial charge in [0.2, 0.25) is 5.91 Å². The summed E-state index contributed by atoms with van der Waals surface area (Å²) in [6.45, 7) is 3.65. The van der Waals surface area contributed by atoms with E-state index in [0.717, 1.165) is 24.6 Å². The van der Waals surface area contributed by atoms with E-state index < -0.39 is 11.5 Å². The first-order chi connectivity index (χ1) is 11.4. The lowest BCUT2D eigenvalue weighted by Crippen LogP contribution is -2.47. The number of rotatable bonds is 7. The third-order valence-electron chi connectivity index (χ3n) is 3.65. The van der Waals surface area contributed by atoms with E-state index in [4.69, 9.17) is 10.5 Å². The highest BCUT2D eigenvalue weighted by atomic mass is 32.2. The quantitative estimate of drug-likeness (QED) is 0.425. The van der Waals surface area contributed by atoms with Crippen molar-refractivity contribution in [1.29, 1.82) is 5.26 Å². The fourth-order valence-corrected chi connectivity index (χ4v) is 2.77. The summed E-state index contributed by atoms with van der Waals surface area (Å²) in [4.78, 5) is 31.6. The van der Waals surface area contributed by atoms with Gasteiger partial charge in [0, 0.05) is 6.20 Å². The molecule has 0 radical (unpaired) electrons. The van der Waals surface area contributed by atoms with E-state index >= 15 is 0 Å². The summed E-state index contributed by atoms with van der Waals surface area (Å²) < 4.78 is 4.84. The number of anilines is 1. The Balaban J connectivity index is 1.92. The lowest BCUT2D eigenvalue weighted by molar-refractivity contribution is -0.119. The zero-order valence-corrected chi connectivity index (χ0v) is 14.4. The first-order valence-corrected chi connectivity index (χ1v) is 8.53. The van der Waals surface area contributed by atoms with Crippen LogP contribution in [-0.4, -0.2) is 39.7 Å². The summed E-state index contributed by atoms with van der Waals surface area (Å²) in [5, 5.41) is 12.3. The van der Waals surface area contributed by atoms with E-state index in [2.05, 4.69) is 21.4 Å². The predicted octanol–water partition coefficient (Wildman–Crippen LogP) is 1.14. The summed E-state index contributed by atoms with van der Waals surface area (Å²) in [7, 11) is 0. The Morgan fingerprint density at radius 1 is 1.58 bits per heavy atom. The second-order valence-corrected chi connectivity index (χ2v) is 6.54.